The molecule has 0 radical (unpaired) electrons. The Labute approximate surface area is 94.0 Å². The third-order valence-electron chi connectivity index (χ3n) is 2.98. The summed E-state index contributed by atoms with van der Waals surface area (Å²) >= 11 is 0. The van der Waals surface area contributed by atoms with Crippen molar-refractivity contribution >= 4 is 5.91 Å². The molecule has 0 unspecified atom stereocenters. The molecule has 1 saturated heterocycles. The van der Waals surface area contributed by atoms with Crippen LogP contribution in [0, 0.1) is 5.82 Å². The highest BCUT2D eigenvalue weighted by atomic mass is 19.1. The molecule has 0 bridgehead atoms. The maximum atomic E-state index is 12.8. The lowest BCUT2D eigenvalue weighted by atomic mass is 10.3. The number of aromatic amines is 1. The van der Waals surface area contributed by atoms with Gasteiger partial charge >= 0.3 is 0 Å². The van der Waals surface area contributed by atoms with E-state index in [1.807, 2.05) is 0 Å². The van der Waals surface area contributed by atoms with E-state index < -0.39 is 5.82 Å². The lowest BCUT2D eigenvalue weighted by Crippen LogP contribution is -2.48. The molecule has 0 saturated carbocycles. The van der Waals surface area contributed by atoms with Crippen molar-refractivity contribution < 1.29 is 9.18 Å². The van der Waals surface area contributed by atoms with Crippen molar-refractivity contribution in [1.29, 1.82) is 0 Å². The van der Waals surface area contributed by atoms with Gasteiger partial charge in [-0.25, -0.2) is 4.39 Å². The van der Waals surface area contributed by atoms with Crippen molar-refractivity contribution in [1.82, 2.24) is 14.8 Å². The normalized spacial score (nSPS) is 17.8. The third-order valence-corrected chi connectivity index (χ3v) is 2.98. The monoisotopic (exact) mass is 225 g/mol. The second-order valence-corrected chi connectivity index (χ2v) is 3.96. The number of hydrogen-bond acceptors (Lipinski definition) is 2. The van der Waals surface area contributed by atoms with Gasteiger partial charge in [-0.05, 0) is 6.54 Å². The van der Waals surface area contributed by atoms with Crippen molar-refractivity contribution in [2.45, 2.75) is 6.92 Å². The largest absolute Gasteiger partial charge is 0.355 e. The Balaban J connectivity index is 1.96. The van der Waals surface area contributed by atoms with Gasteiger partial charge in [0.25, 0.3) is 5.91 Å². The molecule has 4 nitrogen and oxygen atoms in total. The van der Waals surface area contributed by atoms with Crippen molar-refractivity contribution in [3.8, 4) is 0 Å². The molecule has 2 rings (SSSR count). The Kier molecular flexibility index (Phi) is 3.24. The minimum absolute atomic E-state index is 0.111. The topological polar surface area (TPSA) is 39.3 Å². The van der Waals surface area contributed by atoms with Crippen LogP contribution in [0.2, 0.25) is 0 Å². The van der Waals surface area contributed by atoms with Crippen LogP contribution in [0.1, 0.15) is 17.4 Å². The Hall–Kier alpha value is -1.36. The first-order valence-electron chi connectivity index (χ1n) is 5.56. The Bertz CT molecular complexity index is 369. The molecule has 1 aliphatic heterocycles. The highest BCUT2D eigenvalue weighted by Gasteiger charge is 2.22. The molecule has 1 N–H and O–H groups in total. The summed E-state index contributed by atoms with van der Waals surface area (Å²) in [4.78, 5) is 18.6. The fraction of sp³-hybridized carbons (Fsp3) is 0.545. The fourth-order valence-electron chi connectivity index (χ4n) is 1.93. The highest BCUT2D eigenvalue weighted by Crippen LogP contribution is 2.08. The summed E-state index contributed by atoms with van der Waals surface area (Å²) in [6.45, 7) is 6.34. The van der Waals surface area contributed by atoms with Gasteiger partial charge in [0.2, 0.25) is 0 Å². The molecule has 88 valence electrons. The number of likely N-dealkylation sites (N-methyl/N-ethyl adjacent to an activating group) is 1. The van der Waals surface area contributed by atoms with Gasteiger partial charge < -0.3 is 14.8 Å². The number of aromatic nitrogens is 1. The molecular weight excluding hydrogens is 209 g/mol. The summed E-state index contributed by atoms with van der Waals surface area (Å²) < 4.78 is 12.8. The average Bonchev–Trinajstić information content (AvgIpc) is 2.75. The zero-order valence-electron chi connectivity index (χ0n) is 9.37. The Morgan fingerprint density at radius 3 is 2.62 bits per heavy atom. The maximum absolute atomic E-state index is 12.8. The minimum atomic E-state index is -0.393. The van der Waals surface area contributed by atoms with Crippen molar-refractivity contribution in [3.05, 3.63) is 23.8 Å². The van der Waals surface area contributed by atoms with Gasteiger partial charge in [-0.2, -0.15) is 0 Å². The number of halogens is 1. The fourth-order valence-corrected chi connectivity index (χ4v) is 1.93. The molecule has 1 amide bonds. The molecule has 0 aliphatic carbocycles. The number of carbonyl (C=O) groups is 1. The van der Waals surface area contributed by atoms with Gasteiger partial charge in [0, 0.05) is 38.4 Å². The van der Waals surface area contributed by atoms with Crippen molar-refractivity contribution in [2.24, 2.45) is 0 Å². The summed E-state index contributed by atoms with van der Waals surface area (Å²) in [5.41, 5.74) is 0.336. The van der Waals surface area contributed by atoms with Crippen LogP contribution in [-0.4, -0.2) is 53.4 Å². The number of nitrogens with zero attached hydrogens (tertiary/aromatic N) is 2. The predicted molar refractivity (Wildman–Crippen MR) is 58.8 cm³/mol. The van der Waals surface area contributed by atoms with Gasteiger partial charge in [-0.15, -0.1) is 0 Å². The summed E-state index contributed by atoms with van der Waals surface area (Å²) in [6.07, 6.45) is 1.20. The first kappa shape index (κ1) is 11.1. The lowest BCUT2D eigenvalue weighted by molar-refractivity contribution is 0.0638. The number of carbonyl (C=O) groups excluding carboxylic acids is 1. The number of H-pyrrole nitrogens is 1. The molecule has 1 fully saturated rings. The Morgan fingerprint density at radius 2 is 2.12 bits per heavy atom. The standard InChI is InChI=1S/C11H16FN3O/c1-2-14-3-5-15(6-4-14)11(16)10-7-9(12)8-13-10/h7-8,13H,2-6H2,1H3. The van der Waals surface area contributed by atoms with Crippen LogP contribution < -0.4 is 0 Å². The van der Waals surface area contributed by atoms with Gasteiger partial charge in [0.15, 0.2) is 0 Å². The first-order valence-corrected chi connectivity index (χ1v) is 5.56. The summed E-state index contributed by atoms with van der Waals surface area (Å²) in [5, 5.41) is 0. The van der Waals surface area contributed by atoms with Crippen LogP contribution in [0.25, 0.3) is 0 Å². The van der Waals surface area contributed by atoms with Crippen LogP contribution >= 0.6 is 0 Å². The quantitative estimate of drug-likeness (QED) is 0.813. The molecule has 0 aromatic carbocycles. The third kappa shape index (κ3) is 2.24. The molecule has 0 spiro atoms. The number of rotatable bonds is 2. The van der Waals surface area contributed by atoms with E-state index in [4.69, 9.17) is 0 Å². The van der Waals surface area contributed by atoms with Crippen LogP contribution in [0.5, 0.6) is 0 Å². The summed E-state index contributed by atoms with van der Waals surface area (Å²) in [6, 6.07) is 1.24. The van der Waals surface area contributed by atoms with Gasteiger partial charge in [-0.1, -0.05) is 6.92 Å². The van der Waals surface area contributed by atoms with Crippen LogP contribution in [-0.2, 0) is 0 Å². The molecular formula is C11H16FN3O. The van der Waals surface area contributed by atoms with E-state index >= 15 is 0 Å². The first-order chi connectivity index (χ1) is 7.70. The van der Waals surface area contributed by atoms with E-state index in [0.29, 0.717) is 18.8 Å². The van der Waals surface area contributed by atoms with E-state index in [0.717, 1.165) is 19.6 Å². The second kappa shape index (κ2) is 4.65. The number of piperazine rings is 1. The minimum Gasteiger partial charge on any atom is -0.355 e. The predicted octanol–water partition coefficient (Wildman–Crippen LogP) is 0.931. The van der Waals surface area contributed by atoms with E-state index in [-0.39, 0.29) is 5.91 Å². The lowest BCUT2D eigenvalue weighted by Gasteiger charge is -2.33. The molecule has 1 aromatic heterocycles. The zero-order valence-corrected chi connectivity index (χ0v) is 9.37. The molecule has 0 atom stereocenters. The van der Waals surface area contributed by atoms with E-state index in [2.05, 4.69) is 16.8 Å². The van der Waals surface area contributed by atoms with Crippen LogP contribution in [0.15, 0.2) is 12.3 Å². The molecule has 5 heteroatoms. The average molecular weight is 225 g/mol. The van der Waals surface area contributed by atoms with Gasteiger partial charge in [0.05, 0.1) is 0 Å². The zero-order chi connectivity index (χ0) is 11.5. The molecule has 2 heterocycles. The van der Waals surface area contributed by atoms with E-state index in [1.165, 1.54) is 12.3 Å². The van der Waals surface area contributed by atoms with E-state index in [9.17, 15) is 9.18 Å². The summed E-state index contributed by atoms with van der Waals surface area (Å²) in [5.74, 6) is -0.504. The van der Waals surface area contributed by atoms with Gasteiger partial charge in [-0.3, -0.25) is 4.79 Å². The molecule has 16 heavy (non-hydrogen) atoms. The van der Waals surface area contributed by atoms with Crippen LogP contribution in [0.4, 0.5) is 4.39 Å². The van der Waals surface area contributed by atoms with Gasteiger partial charge in [0.1, 0.15) is 11.5 Å². The number of nitrogens with one attached hydrogen (secondary N) is 1. The highest BCUT2D eigenvalue weighted by molar-refractivity contribution is 5.92. The molecule has 1 aliphatic rings. The summed E-state index contributed by atoms with van der Waals surface area (Å²) in [7, 11) is 0. The maximum Gasteiger partial charge on any atom is 0.270 e. The molecule has 1 aromatic rings. The smallest absolute Gasteiger partial charge is 0.270 e. The SMILES string of the molecule is CCN1CCN(C(=O)c2cc(F)c[nH]2)CC1. The second-order valence-electron chi connectivity index (χ2n) is 3.96. The number of amides is 1. The van der Waals surface area contributed by atoms with E-state index in [1.54, 1.807) is 4.90 Å². The van der Waals surface area contributed by atoms with Crippen LogP contribution in [0.3, 0.4) is 0 Å². The van der Waals surface area contributed by atoms with Crippen molar-refractivity contribution in [3.63, 3.8) is 0 Å². The van der Waals surface area contributed by atoms with Crippen molar-refractivity contribution in [2.75, 3.05) is 32.7 Å². The Morgan fingerprint density at radius 1 is 1.44 bits per heavy atom. The number of hydrogen-bond donors (Lipinski definition) is 1.